The molecule has 3 N–H and O–H groups in total. The maximum atomic E-state index is 5.92. The monoisotopic (exact) mass is 270 g/mol. The van der Waals surface area contributed by atoms with Gasteiger partial charge in [-0.1, -0.05) is 23.2 Å². The van der Waals surface area contributed by atoms with E-state index in [0.29, 0.717) is 15.7 Å². The van der Waals surface area contributed by atoms with Crippen molar-refractivity contribution in [1.29, 1.82) is 0 Å². The van der Waals surface area contributed by atoms with Gasteiger partial charge < -0.3 is 15.5 Å². The van der Waals surface area contributed by atoms with Crippen molar-refractivity contribution in [3.05, 3.63) is 46.3 Å². The van der Waals surface area contributed by atoms with Gasteiger partial charge in [0, 0.05) is 13.0 Å². The van der Waals surface area contributed by atoms with Crippen LogP contribution in [0.2, 0.25) is 10.0 Å². The van der Waals surface area contributed by atoms with E-state index in [-0.39, 0.29) is 0 Å². The SMILES string of the molecule is Nc1cc(Cl)c(Cl)cc1NCCc1ccco1. The van der Waals surface area contributed by atoms with E-state index in [4.69, 9.17) is 33.4 Å². The van der Waals surface area contributed by atoms with Crippen LogP contribution in [0.3, 0.4) is 0 Å². The van der Waals surface area contributed by atoms with E-state index >= 15 is 0 Å². The number of benzene rings is 1. The first kappa shape index (κ1) is 12.1. The van der Waals surface area contributed by atoms with Crippen LogP contribution in [0.25, 0.3) is 0 Å². The number of furan rings is 1. The second-order valence-corrected chi connectivity index (χ2v) is 4.42. The van der Waals surface area contributed by atoms with Crippen molar-refractivity contribution >= 4 is 34.6 Å². The van der Waals surface area contributed by atoms with E-state index in [2.05, 4.69) is 5.32 Å². The van der Waals surface area contributed by atoms with Crippen LogP contribution in [0.1, 0.15) is 5.76 Å². The molecule has 0 aliphatic carbocycles. The van der Waals surface area contributed by atoms with Gasteiger partial charge in [0.1, 0.15) is 5.76 Å². The van der Waals surface area contributed by atoms with Gasteiger partial charge in [0.05, 0.1) is 27.7 Å². The molecule has 0 aliphatic rings. The average molecular weight is 271 g/mol. The van der Waals surface area contributed by atoms with Crippen molar-refractivity contribution in [1.82, 2.24) is 0 Å². The minimum atomic E-state index is 0.459. The Labute approximate surface area is 110 Å². The molecule has 0 bridgehead atoms. The van der Waals surface area contributed by atoms with Crippen LogP contribution in [0, 0.1) is 0 Å². The molecule has 2 rings (SSSR count). The third-order valence-corrected chi connectivity index (χ3v) is 3.08. The molecule has 0 amide bonds. The molecule has 1 heterocycles. The molecule has 0 saturated carbocycles. The van der Waals surface area contributed by atoms with Crippen LogP contribution in [-0.4, -0.2) is 6.54 Å². The van der Waals surface area contributed by atoms with Gasteiger partial charge in [-0.15, -0.1) is 0 Å². The highest BCUT2D eigenvalue weighted by Gasteiger charge is 2.04. The van der Waals surface area contributed by atoms with E-state index in [9.17, 15) is 0 Å². The molecule has 0 aliphatic heterocycles. The van der Waals surface area contributed by atoms with Gasteiger partial charge in [0.2, 0.25) is 0 Å². The molecule has 0 unspecified atom stereocenters. The number of anilines is 2. The van der Waals surface area contributed by atoms with Crippen molar-refractivity contribution in [3.8, 4) is 0 Å². The summed E-state index contributed by atoms with van der Waals surface area (Å²) in [6.45, 7) is 0.718. The van der Waals surface area contributed by atoms with Gasteiger partial charge in [-0.3, -0.25) is 0 Å². The molecule has 1 aromatic carbocycles. The fourth-order valence-electron chi connectivity index (χ4n) is 1.49. The number of rotatable bonds is 4. The van der Waals surface area contributed by atoms with Crippen molar-refractivity contribution in [2.75, 3.05) is 17.6 Å². The molecule has 1 aromatic heterocycles. The minimum Gasteiger partial charge on any atom is -0.469 e. The first-order valence-electron chi connectivity index (χ1n) is 5.17. The van der Waals surface area contributed by atoms with Crippen LogP contribution in [0.4, 0.5) is 11.4 Å². The molecule has 0 spiro atoms. The summed E-state index contributed by atoms with van der Waals surface area (Å²) in [5.74, 6) is 0.927. The second-order valence-electron chi connectivity index (χ2n) is 3.61. The summed E-state index contributed by atoms with van der Waals surface area (Å²) in [5, 5.41) is 4.14. The number of nitrogens with one attached hydrogen (secondary N) is 1. The Balaban J connectivity index is 1.97. The molecular formula is C12H12Cl2N2O. The molecule has 17 heavy (non-hydrogen) atoms. The average Bonchev–Trinajstić information content (AvgIpc) is 2.78. The highest BCUT2D eigenvalue weighted by atomic mass is 35.5. The molecule has 0 radical (unpaired) electrons. The van der Waals surface area contributed by atoms with Crippen LogP contribution >= 0.6 is 23.2 Å². The Kier molecular flexibility index (Phi) is 3.82. The molecule has 3 nitrogen and oxygen atoms in total. The molecule has 5 heteroatoms. The third-order valence-electron chi connectivity index (χ3n) is 2.36. The summed E-state index contributed by atoms with van der Waals surface area (Å²) in [6, 6.07) is 7.16. The third kappa shape index (κ3) is 3.08. The predicted octanol–water partition coefficient (Wildman–Crippen LogP) is 3.82. The topological polar surface area (TPSA) is 51.2 Å². The Morgan fingerprint density at radius 1 is 1.24 bits per heavy atom. The standard InChI is InChI=1S/C12H12Cl2N2O/c13-9-6-11(15)12(7-10(9)14)16-4-3-8-2-1-5-17-8/h1-2,5-7,16H,3-4,15H2. The van der Waals surface area contributed by atoms with Crippen molar-refractivity contribution < 1.29 is 4.42 Å². The predicted molar refractivity (Wildman–Crippen MR) is 71.8 cm³/mol. The Morgan fingerprint density at radius 2 is 2.00 bits per heavy atom. The van der Waals surface area contributed by atoms with Gasteiger partial charge in [-0.2, -0.15) is 0 Å². The summed E-state index contributed by atoms with van der Waals surface area (Å²) in [7, 11) is 0. The zero-order valence-corrected chi connectivity index (χ0v) is 10.6. The number of halogens is 2. The van der Waals surface area contributed by atoms with E-state index in [1.807, 2.05) is 12.1 Å². The first-order chi connectivity index (χ1) is 8.16. The van der Waals surface area contributed by atoms with Crippen molar-refractivity contribution in [2.24, 2.45) is 0 Å². The lowest BCUT2D eigenvalue weighted by Gasteiger charge is -2.09. The number of nitrogens with two attached hydrogens (primary N) is 1. The second kappa shape index (κ2) is 5.34. The summed E-state index contributed by atoms with van der Waals surface area (Å²) in [5.41, 5.74) is 7.19. The number of hydrogen-bond donors (Lipinski definition) is 2. The number of hydrogen-bond acceptors (Lipinski definition) is 3. The molecule has 0 saturated heterocycles. The zero-order chi connectivity index (χ0) is 12.3. The lowest BCUT2D eigenvalue weighted by molar-refractivity contribution is 0.513. The zero-order valence-electron chi connectivity index (χ0n) is 9.04. The minimum absolute atomic E-state index is 0.459. The highest BCUT2D eigenvalue weighted by molar-refractivity contribution is 6.42. The van der Waals surface area contributed by atoms with Gasteiger partial charge >= 0.3 is 0 Å². The smallest absolute Gasteiger partial charge is 0.105 e. The van der Waals surface area contributed by atoms with Crippen LogP contribution in [-0.2, 0) is 6.42 Å². The van der Waals surface area contributed by atoms with Gasteiger partial charge in [-0.25, -0.2) is 0 Å². The highest BCUT2D eigenvalue weighted by Crippen LogP contribution is 2.30. The fourth-order valence-corrected chi connectivity index (χ4v) is 1.83. The molecule has 90 valence electrons. The molecule has 0 atom stereocenters. The number of nitrogen functional groups attached to an aromatic ring is 1. The summed E-state index contributed by atoms with van der Waals surface area (Å²) in [6.07, 6.45) is 2.44. The normalized spacial score (nSPS) is 10.5. The Morgan fingerprint density at radius 3 is 2.71 bits per heavy atom. The summed E-state index contributed by atoms with van der Waals surface area (Å²) >= 11 is 11.8. The Hall–Kier alpha value is -1.32. The maximum absolute atomic E-state index is 5.92. The van der Waals surface area contributed by atoms with E-state index in [1.165, 1.54) is 0 Å². The Bertz CT molecular complexity index is 497. The lowest BCUT2D eigenvalue weighted by Crippen LogP contribution is -2.06. The summed E-state index contributed by atoms with van der Waals surface area (Å²) in [4.78, 5) is 0. The van der Waals surface area contributed by atoms with Crippen molar-refractivity contribution in [3.63, 3.8) is 0 Å². The van der Waals surface area contributed by atoms with E-state index < -0.39 is 0 Å². The van der Waals surface area contributed by atoms with Gasteiger partial charge in [0.15, 0.2) is 0 Å². The lowest BCUT2D eigenvalue weighted by atomic mass is 10.2. The van der Waals surface area contributed by atoms with Crippen LogP contribution < -0.4 is 11.1 Å². The van der Waals surface area contributed by atoms with Crippen LogP contribution in [0.5, 0.6) is 0 Å². The van der Waals surface area contributed by atoms with Gasteiger partial charge in [-0.05, 0) is 24.3 Å². The first-order valence-corrected chi connectivity index (χ1v) is 5.93. The summed E-state index contributed by atoms with van der Waals surface area (Å²) < 4.78 is 5.23. The quantitative estimate of drug-likeness (QED) is 0.831. The molecular weight excluding hydrogens is 259 g/mol. The molecule has 2 aromatic rings. The van der Waals surface area contributed by atoms with E-state index in [0.717, 1.165) is 24.4 Å². The fraction of sp³-hybridized carbons (Fsp3) is 0.167. The largest absolute Gasteiger partial charge is 0.469 e. The van der Waals surface area contributed by atoms with Crippen molar-refractivity contribution in [2.45, 2.75) is 6.42 Å². The van der Waals surface area contributed by atoms with Crippen LogP contribution in [0.15, 0.2) is 34.9 Å². The van der Waals surface area contributed by atoms with Gasteiger partial charge in [0.25, 0.3) is 0 Å². The van der Waals surface area contributed by atoms with E-state index in [1.54, 1.807) is 18.4 Å². The maximum Gasteiger partial charge on any atom is 0.105 e. The molecule has 0 fully saturated rings.